The maximum absolute atomic E-state index is 11.7. The molecule has 3 aliphatic carbocycles. The van der Waals surface area contributed by atoms with Gasteiger partial charge in [0.1, 0.15) is 5.78 Å². The Morgan fingerprint density at radius 2 is 1.85 bits per heavy atom. The largest absolute Gasteiger partial charge is 0.299 e. The Morgan fingerprint density at radius 1 is 1.15 bits per heavy atom. The van der Waals surface area contributed by atoms with Crippen molar-refractivity contribution in [3.63, 3.8) is 0 Å². The maximum Gasteiger partial charge on any atom is 0.143 e. The summed E-state index contributed by atoms with van der Waals surface area (Å²) in [4.78, 5) is 11.7. The van der Waals surface area contributed by atoms with Crippen molar-refractivity contribution in [1.29, 1.82) is 0 Å². The Morgan fingerprint density at radius 3 is 2.38 bits per heavy atom. The molecule has 1 aromatic rings. The van der Waals surface area contributed by atoms with Crippen LogP contribution in [-0.2, 0) is 10.2 Å². The van der Waals surface area contributed by atoms with Gasteiger partial charge in [0.15, 0.2) is 0 Å². The van der Waals surface area contributed by atoms with Gasteiger partial charge in [-0.25, -0.2) is 0 Å². The fourth-order valence-electron chi connectivity index (χ4n) is 2.91. The number of hydrogen-bond donors (Lipinski definition) is 0. The van der Waals surface area contributed by atoms with Crippen LogP contribution in [0.5, 0.6) is 0 Å². The third-order valence-corrected chi connectivity index (χ3v) is 3.61. The van der Waals surface area contributed by atoms with E-state index in [0.717, 1.165) is 19.3 Å². The summed E-state index contributed by atoms with van der Waals surface area (Å²) in [5, 5.41) is 0. The van der Waals surface area contributed by atoms with Gasteiger partial charge in [0.05, 0.1) is 5.41 Å². The van der Waals surface area contributed by atoms with E-state index in [2.05, 4.69) is 12.1 Å². The standard InChI is InChI=1S/C12H12O/c13-11-6-9-7-12(11,8-9)10-4-2-1-3-5-10/h1-5,9H,6-8H2. The quantitative estimate of drug-likeness (QED) is 0.635. The lowest BCUT2D eigenvalue weighted by Gasteiger charge is -2.37. The average molecular weight is 172 g/mol. The fourth-order valence-corrected chi connectivity index (χ4v) is 2.91. The zero-order valence-corrected chi connectivity index (χ0v) is 7.49. The number of hydrogen-bond acceptors (Lipinski definition) is 1. The summed E-state index contributed by atoms with van der Waals surface area (Å²) in [5.74, 6) is 1.18. The van der Waals surface area contributed by atoms with Crippen LogP contribution in [0.4, 0.5) is 0 Å². The van der Waals surface area contributed by atoms with Crippen molar-refractivity contribution < 1.29 is 4.79 Å². The van der Waals surface area contributed by atoms with E-state index in [1.807, 2.05) is 18.2 Å². The topological polar surface area (TPSA) is 17.1 Å². The third-order valence-electron chi connectivity index (χ3n) is 3.61. The molecule has 0 aromatic heterocycles. The van der Waals surface area contributed by atoms with Crippen molar-refractivity contribution in [1.82, 2.24) is 0 Å². The molecule has 1 aromatic carbocycles. The molecular weight excluding hydrogens is 160 g/mol. The number of fused-ring (bicyclic) bond motifs is 1. The van der Waals surface area contributed by atoms with Crippen LogP contribution in [-0.4, -0.2) is 5.78 Å². The van der Waals surface area contributed by atoms with Crippen LogP contribution < -0.4 is 0 Å². The molecular formula is C12H12O. The highest BCUT2D eigenvalue weighted by Gasteiger charge is 2.57. The molecule has 1 nitrogen and oxygen atoms in total. The number of carbonyl (C=O) groups is 1. The summed E-state index contributed by atoms with van der Waals surface area (Å²) < 4.78 is 0. The van der Waals surface area contributed by atoms with Gasteiger partial charge in [-0.3, -0.25) is 4.79 Å². The minimum atomic E-state index is -0.0497. The van der Waals surface area contributed by atoms with Crippen LogP contribution >= 0.6 is 0 Å². The molecule has 0 radical (unpaired) electrons. The molecule has 0 saturated heterocycles. The van der Waals surface area contributed by atoms with Gasteiger partial charge in [-0.2, -0.15) is 0 Å². The predicted molar refractivity (Wildman–Crippen MR) is 50.5 cm³/mol. The minimum absolute atomic E-state index is 0.0497. The van der Waals surface area contributed by atoms with Gasteiger partial charge in [-0.05, 0) is 24.3 Å². The molecule has 3 saturated carbocycles. The van der Waals surface area contributed by atoms with Gasteiger partial charge >= 0.3 is 0 Å². The second-order valence-corrected chi connectivity index (χ2v) is 4.35. The van der Waals surface area contributed by atoms with E-state index in [1.165, 1.54) is 5.56 Å². The summed E-state index contributed by atoms with van der Waals surface area (Å²) in [5.41, 5.74) is 1.19. The second kappa shape index (κ2) is 2.22. The van der Waals surface area contributed by atoms with Gasteiger partial charge < -0.3 is 0 Å². The fraction of sp³-hybridized carbons (Fsp3) is 0.417. The van der Waals surface area contributed by atoms with Crippen LogP contribution in [0.25, 0.3) is 0 Å². The zero-order valence-electron chi connectivity index (χ0n) is 7.49. The number of benzene rings is 1. The molecule has 0 heterocycles. The minimum Gasteiger partial charge on any atom is -0.299 e. The molecule has 0 spiro atoms. The van der Waals surface area contributed by atoms with E-state index in [0.29, 0.717) is 11.7 Å². The number of rotatable bonds is 1. The van der Waals surface area contributed by atoms with E-state index < -0.39 is 0 Å². The summed E-state index contributed by atoms with van der Waals surface area (Å²) >= 11 is 0. The number of ketones is 1. The van der Waals surface area contributed by atoms with E-state index >= 15 is 0 Å². The highest BCUT2D eigenvalue weighted by molar-refractivity contribution is 5.95. The molecule has 13 heavy (non-hydrogen) atoms. The van der Waals surface area contributed by atoms with Gasteiger partial charge in [-0.15, -0.1) is 0 Å². The Balaban J connectivity index is 2.07. The first kappa shape index (κ1) is 7.31. The van der Waals surface area contributed by atoms with Crippen LogP contribution in [0, 0.1) is 5.92 Å². The highest BCUT2D eigenvalue weighted by Crippen LogP contribution is 2.57. The molecule has 0 unspecified atom stereocenters. The SMILES string of the molecule is O=C1CC2CC1(c1ccccc1)C2. The van der Waals surface area contributed by atoms with Crippen LogP contribution in [0.3, 0.4) is 0 Å². The van der Waals surface area contributed by atoms with Crippen molar-refractivity contribution in [3.8, 4) is 0 Å². The molecule has 0 amide bonds. The first-order valence-corrected chi connectivity index (χ1v) is 4.90. The molecule has 3 aliphatic rings. The van der Waals surface area contributed by atoms with E-state index in [4.69, 9.17) is 0 Å². The molecule has 2 bridgehead atoms. The summed E-state index contributed by atoms with van der Waals surface area (Å²) in [6.07, 6.45) is 3.04. The Labute approximate surface area is 77.8 Å². The Hall–Kier alpha value is -1.11. The molecule has 3 fully saturated rings. The molecule has 0 atom stereocenters. The maximum atomic E-state index is 11.7. The first-order chi connectivity index (χ1) is 6.31. The van der Waals surface area contributed by atoms with Crippen molar-refractivity contribution in [2.24, 2.45) is 5.92 Å². The normalized spacial score (nSPS) is 36.0. The summed E-state index contributed by atoms with van der Waals surface area (Å²) in [7, 11) is 0. The zero-order chi connectivity index (χ0) is 8.89. The molecule has 4 rings (SSSR count). The van der Waals surface area contributed by atoms with E-state index in [1.54, 1.807) is 0 Å². The van der Waals surface area contributed by atoms with Crippen LogP contribution in [0.2, 0.25) is 0 Å². The molecule has 66 valence electrons. The first-order valence-electron chi connectivity index (χ1n) is 4.90. The number of carbonyl (C=O) groups excluding carboxylic acids is 1. The van der Waals surface area contributed by atoms with Crippen LogP contribution in [0.15, 0.2) is 30.3 Å². The lowest BCUT2D eigenvalue weighted by molar-refractivity contribution is -0.121. The van der Waals surface area contributed by atoms with Crippen molar-refractivity contribution in [2.75, 3.05) is 0 Å². The molecule has 0 aliphatic heterocycles. The smallest absolute Gasteiger partial charge is 0.143 e. The highest BCUT2D eigenvalue weighted by atomic mass is 16.1. The number of Topliss-reactive ketones (excluding diaryl/α,β-unsaturated/α-hetero) is 1. The van der Waals surface area contributed by atoms with E-state index in [9.17, 15) is 4.79 Å². The van der Waals surface area contributed by atoms with Crippen molar-refractivity contribution in [2.45, 2.75) is 24.7 Å². The third kappa shape index (κ3) is 0.796. The summed E-state index contributed by atoms with van der Waals surface area (Å²) in [6, 6.07) is 10.3. The van der Waals surface area contributed by atoms with Crippen molar-refractivity contribution >= 4 is 5.78 Å². The lowest BCUT2D eigenvalue weighted by Crippen LogP contribution is -2.36. The Bertz CT molecular complexity index is 347. The monoisotopic (exact) mass is 172 g/mol. The van der Waals surface area contributed by atoms with E-state index in [-0.39, 0.29) is 5.41 Å². The lowest BCUT2D eigenvalue weighted by atomic mass is 9.65. The molecule has 0 N–H and O–H groups in total. The second-order valence-electron chi connectivity index (χ2n) is 4.35. The summed E-state index contributed by atoms with van der Waals surface area (Å²) in [6.45, 7) is 0. The van der Waals surface area contributed by atoms with Gasteiger partial charge in [0.2, 0.25) is 0 Å². The Kier molecular flexibility index (Phi) is 1.25. The van der Waals surface area contributed by atoms with Gasteiger partial charge in [0.25, 0.3) is 0 Å². The molecule has 1 heteroatoms. The predicted octanol–water partition coefficient (Wildman–Crippen LogP) is 2.31. The van der Waals surface area contributed by atoms with Crippen molar-refractivity contribution in [3.05, 3.63) is 35.9 Å². The van der Waals surface area contributed by atoms with Gasteiger partial charge in [-0.1, -0.05) is 30.3 Å². The average Bonchev–Trinajstić information content (AvgIpc) is 2.58. The van der Waals surface area contributed by atoms with Gasteiger partial charge in [0, 0.05) is 6.42 Å². The van der Waals surface area contributed by atoms with Crippen LogP contribution in [0.1, 0.15) is 24.8 Å².